The molecule has 28 heavy (non-hydrogen) atoms. The Hall–Kier alpha value is -2.89. The molecule has 1 aliphatic carbocycles. The maximum atomic E-state index is 14.8. The molecule has 1 heterocycles. The maximum absolute atomic E-state index is 14.8. The molecule has 2 aliphatic rings. The van der Waals surface area contributed by atoms with Gasteiger partial charge in [-0.25, -0.2) is 14.0 Å². The molecule has 5 nitrogen and oxygen atoms in total. The van der Waals surface area contributed by atoms with E-state index in [1.54, 1.807) is 6.92 Å². The van der Waals surface area contributed by atoms with Gasteiger partial charge in [0.1, 0.15) is 6.61 Å². The van der Waals surface area contributed by atoms with Crippen molar-refractivity contribution >= 4 is 12.1 Å². The van der Waals surface area contributed by atoms with E-state index < -0.39 is 30.2 Å². The van der Waals surface area contributed by atoms with Crippen LogP contribution in [0.3, 0.4) is 0 Å². The van der Waals surface area contributed by atoms with E-state index in [0.29, 0.717) is 6.42 Å². The van der Waals surface area contributed by atoms with Crippen LogP contribution >= 0.6 is 0 Å². The van der Waals surface area contributed by atoms with Crippen LogP contribution in [-0.2, 0) is 9.53 Å². The number of hydrogen-bond donors (Lipinski definition) is 1. The second-order valence-corrected chi connectivity index (χ2v) is 7.46. The summed E-state index contributed by atoms with van der Waals surface area (Å²) in [4.78, 5) is 25.1. The normalized spacial score (nSPS) is 23.4. The average Bonchev–Trinajstić information content (AvgIpc) is 3.22. The van der Waals surface area contributed by atoms with Gasteiger partial charge in [0.25, 0.3) is 0 Å². The van der Waals surface area contributed by atoms with E-state index in [1.807, 2.05) is 48.5 Å². The standard InChI is InChI=1S/C22H22FNO4/c1-2-14-11-24(13-22(14,23)20(25)26)21(27)28-12-19-17-9-5-3-7-15(17)16-8-4-6-10-18(16)19/h3-10,14,19H,2,11-13H2,1H3,(H,25,26)/t14-,22+/m0/s1. The minimum atomic E-state index is -2.42. The molecule has 2 atom stereocenters. The predicted octanol–water partition coefficient (Wildman–Crippen LogP) is 4.07. The zero-order valence-electron chi connectivity index (χ0n) is 15.6. The van der Waals surface area contributed by atoms with E-state index >= 15 is 0 Å². The van der Waals surface area contributed by atoms with E-state index in [2.05, 4.69) is 0 Å². The number of rotatable bonds is 4. The topological polar surface area (TPSA) is 66.8 Å². The highest BCUT2D eigenvalue weighted by atomic mass is 19.1. The summed E-state index contributed by atoms with van der Waals surface area (Å²) in [5, 5.41) is 9.24. The number of likely N-dealkylation sites (tertiary alicyclic amines) is 1. The summed E-state index contributed by atoms with van der Waals surface area (Å²) in [6, 6.07) is 16.0. The van der Waals surface area contributed by atoms with Crippen LogP contribution < -0.4 is 0 Å². The summed E-state index contributed by atoms with van der Waals surface area (Å²) in [6.07, 6.45) is -0.322. The molecule has 6 heteroatoms. The van der Waals surface area contributed by atoms with Crippen molar-refractivity contribution in [2.45, 2.75) is 24.9 Å². The number of carbonyl (C=O) groups excluding carboxylic acids is 1. The van der Waals surface area contributed by atoms with Gasteiger partial charge >= 0.3 is 12.1 Å². The first kappa shape index (κ1) is 18.5. The SMILES string of the molecule is CC[C@H]1CN(C(=O)OCC2c3ccccc3-c3ccccc32)C[C@]1(F)C(=O)O. The summed E-state index contributed by atoms with van der Waals surface area (Å²) >= 11 is 0. The molecule has 1 saturated heterocycles. The van der Waals surface area contributed by atoms with E-state index in [-0.39, 0.29) is 19.1 Å². The van der Waals surface area contributed by atoms with Crippen molar-refractivity contribution in [1.82, 2.24) is 4.90 Å². The molecule has 1 fully saturated rings. The van der Waals surface area contributed by atoms with Crippen LogP contribution in [0, 0.1) is 5.92 Å². The first-order chi connectivity index (χ1) is 13.5. The highest BCUT2D eigenvalue weighted by Gasteiger charge is 2.54. The summed E-state index contributed by atoms with van der Waals surface area (Å²) in [5.74, 6) is -2.34. The van der Waals surface area contributed by atoms with Crippen LogP contribution in [0.5, 0.6) is 0 Å². The first-order valence-corrected chi connectivity index (χ1v) is 9.48. The highest BCUT2D eigenvalue weighted by molar-refractivity contribution is 5.81. The number of halogens is 1. The number of carbonyl (C=O) groups is 2. The van der Waals surface area contributed by atoms with Gasteiger partial charge in [0.15, 0.2) is 0 Å². The summed E-state index contributed by atoms with van der Waals surface area (Å²) < 4.78 is 20.3. The van der Waals surface area contributed by atoms with Gasteiger partial charge in [0.2, 0.25) is 5.67 Å². The number of carboxylic acid groups (broad SMARTS) is 1. The summed E-state index contributed by atoms with van der Waals surface area (Å²) in [7, 11) is 0. The van der Waals surface area contributed by atoms with Gasteiger partial charge < -0.3 is 14.7 Å². The lowest BCUT2D eigenvalue weighted by atomic mass is 9.91. The number of nitrogens with zero attached hydrogens (tertiary/aromatic N) is 1. The molecule has 0 aromatic heterocycles. The molecule has 1 amide bonds. The van der Waals surface area contributed by atoms with Gasteiger partial charge in [-0.2, -0.15) is 0 Å². The van der Waals surface area contributed by atoms with Crippen molar-refractivity contribution < 1.29 is 23.8 Å². The van der Waals surface area contributed by atoms with Crippen molar-refractivity contribution in [1.29, 1.82) is 0 Å². The fourth-order valence-corrected chi connectivity index (χ4v) is 4.40. The van der Waals surface area contributed by atoms with Gasteiger partial charge in [0, 0.05) is 18.4 Å². The Morgan fingerprint density at radius 1 is 1.14 bits per heavy atom. The van der Waals surface area contributed by atoms with Crippen molar-refractivity contribution in [3.05, 3.63) is 59.7 Å². The smallest absolute Gasteiger partial charge is 0.409 e. The molecule has 4 rings (SSSR count). The lowest BCUT2D eigenvalue weighted by Crippen LogP contribution is -2.42. The second kappa shape index (κ2) is 6.93. The number of benzene rings is 2. The minimum Gasteiger partial charge on any atom is -0.479 e. The Morgan fingerprint density at radius 2 is 1.71 bits per heavy atom. The molecule has 1 aliphatic heterocycles. The monoisotopic (exact) mass is 383 g/mol. The quantitative estimate of drug-likeness (QED) is 0.864. The zero-order valence-corrected chi connectivity index (χ0v) is 15.6. The number of ether oxygens (including phenoxy) is 1. The third-order valence-corrected chi connectivity index (χ3v) is 5.95. The van der Waals surface area contributed by atoms with Gasteiger partial charge in [-0.1, -0.05) is 55.5 Å². The minimum absolute atomic E-state index is 0.0516. The van der Waals surface area contributed by atoms with Crippen molar-refractivity contribution in [2.75, 3.05) is 19.7 Å². The van der Waals surface area contributed by atoms with E-state index in [9.17, 15) is 19.1 Å². The molecule has 1 N–H and O–H groups in total. The van der Waals surface area contributed by atoms with Gasteiger partial charge in [-0.15, -0.1) is 0 Å². The van der Waals surface area contributed by atoms with Crippen molar-refractivity contribution in [3.63, 3.8) is 0 Å². The van der Waals surface area contributed by atoms with Crippen LogP contribution in [0.2, 0.25) is 0 Å². The van der Waals surface area contributed by atoms with E-state index in [4.69, 9.17) is 4.74 Å². The molecule has 146 valence electrons. The molecule has 0 saturated carbocycles. The number of aliphatic carboxylic acids is 1. The molecule has 2 aromatic rings. The van der Waals surface area contributed by atoms with E-state index in [0.717, 1.165) is 22.3 Å². The fraction of sp³-hybridized carbons (Fsp3) is 0.364. The highest BCUT2D eigenvalue weighted by Crippen LogP contribution is 2.44. The van der Waals surface area contributed by atoms with Crippen LogP contribution in [0.4, 0.5) is 9.18 Å². The number of amides is 1. The van der Waals surface area contributed by atoms with Gasteiger partial charge in [-0.3, -0.25) is 0 Å². The number of alkyl halides is 1. The summed E-state index contributed by atoms with van der Waals surface area (Å²) in [5.41, 5.74) is 2.02. The number of fused-ring (bicyclic) bond motifs is 3. The molecule has 0 spiro atoms. The predicted molar refractivity (Wildman–Crippen MR) is 102 cm³/mol. The number of carboxylic acids is 1. The molecular formula is C22H22FNO4. The van der Waals surface area contributed by atoms with Gasteiger partial charge in [0.05, 0.1) is 6.54 Å². The van der Waals surface area contributed by atoms with Crippen molar-refractivity contribution in [2.24, 2.45) is 5.92 Å². The van der Waals surface area contributed by atoms with Crippen LogP contribution in [0.15, 0.2) is 48.5 Å². The molecular weight excluding hydrogens is 361 g/mol. The molecule has 0 radical (unpaired) electrons. The number of hydrogen-bond acceptors (Lipinski definition) is 3. The van der Waals surface area contributed by atoms with Crippen molar-refractivity contribution in [3.8, 4) is 11.1 Å². The third kappa shape index (κ3) is 2.84. The maximum Gasteiger partial charge on any atom is 0.409 e. The average molecular weight is 383 g/mol. The molecule has 0 unspecified atom stereocenters. The Bertz CT molecular complexity index is 885. The Kier molecular flexibility index (Phi) is 4.57. The zero-order chi connectivity index (χ0) is 19.9. The van der Waals surface area contributed by atoms with Crippen LogP contribution in [-0.4, -0.2) is 47.4 Å². The summed E-state index contributed by atoms with van der Waals surface area (Å²) in [6.45, 7) is 1.43. The first-order valence-electron chi connectivity index (χ1n) is 9.48. The molecule has 2 aromatic carbocycles. The van der Waals surface area contributed by atoms with Crippen LogP contribution in [0.1, 0.15) is 30.4 Å². The largest absolute Gasteiger partial charge is 0.479 e. The van der Waals surface area contributed by atoms with E-state index in [1.165, 1.54) is 4.90 Å². The van der Waals surface area contributed by atoms with Gasteiger partial charge in [-0.05, 0) is 28.7 Å². The Balaban J connectivity index is 1.50. The van der Waals surface area contributed by atoms with Crippen LogP contribution in [0.25, 0.3) is 11.1 Å². The molecule has 0 bridgehead atoms. The lowest BCUT2D eigenvalue weighted by molar-refractivity contribution is -0.152. The second-order valence-electron chi connectivity index (χ2n) is 7.46. The Labute approximate surface area is 162 Å². The Morgan fingerprint density at radius 3 is 2.21 bits per heavy atom. The third-order valence-electron chi connectivity index (χ3n) is 5.95. The fourth-order valence-electron chi connectivity index (χ4n) is 4.40. The lowest BCUT2D eigenvalue weighted by Gasteiger charge is -2.20.